The van der Waals surface area contributed by atoms with Crippen molar-refractivity contribution in [2.75, 3.05) is 5.75 Å². The van der Waals surface area contributed by atoms with E-state index in [-0.39, 0.29) is 5.82 Å². The van der Waals surface area contributed by atoms with Gasteiger partial charge in [-0.05, 0) is 36.3 Å². The lowest BCUT2D eigenvalue weighted by molar-refractivity contribution is 0.626. The molecule has 0 N–H and O–H groups in total. The molecule has 0 radical (unpaired) electrons. The first-order valence-electron chi connectivity index (χ1n) is 4.23. The summed E-state index contributed by atoms with van der Waals surface area (Å²) in [5, 5.41) is 0.616. The number of hydrogen-bond acceptors (Lipinski definition) is 1. The number of benzene rings is 1. The van der Waals surface area contributed by atoms with Crippen LogP contribution < -0.4 is 0 Å². The van der Waals surface area contributed by atoms with E-state index in [0.717, 1.165) is 0 Å². The van der Waals surface area contributed by atoms with E-state index in [0.29, 0.717) is 5.25 Å². The van der Waals surface area contributed by atoms with Crippen LogP contribution in [-0.2, 0) is 0 Å². The lowest BCUT2D eigenvalue weighted by Gasteiger charge is -2.07. The van der Waals surface area contributed by atoms with Crippen molar-refractivity contribution in [2.45, 2.75) is 18.1 Å². The summed E-state index contributed by atoms with van der Waals surface area (Å²) in [5.41, 5.74) is 1.28. The Morgan fingerprint density at radius 1 is 1.25 bits per heavy atom. The average Bonchev–Trinajstić information content (AvgIpc) is 2.58. The topological polar surface area (TPSA) is 0 Å². The van der Waals surface area contributed by atoms with Gasteiger partial charge in [-0.2, -0.15) is 11.8 Å². The Kier molecular flexibility index (Phi) is 2.35. The predicted molar refractivity (Wildman–Crippen MR) is 50.8 cm³/mol. The zero-order chi connectivity index (χ0) is 8.39. The molecule has 1 atom stereocenters. The molecule has 0 nitrogen and oxygen atoms in total. The van der Waals surface area contributed by atoms with Crippen LogP contribution in [0.1, 0.15) is 23.7 Å². The highest BCUT2D eigenvalue weighted by Gasteiger charge is 2.16. The summed E-state index contributed by atoms with van der Waals surface area (Å²) in [6.45, 7) is 0. The van der Waals surface area contributed by atoms with Gasteiger partial charge in [-0.3, -0.25) is 0 Å². The van der Waals surface area contributed by atoms with Gasteiger partial charge in [-0.25, -0.2) is 4.39 Å². The van der Waals surface area contributed by atoms with Crippen molar-refractivity contribution < 1.29 is 4.39 Å². The van der Waals surface area contributed by atoms with Crippen molar-refractivity contribution in [2.24, 2.45) is 0 Å². The molecule has 1 aliphatic rings. The van der Waals surface area contributed by atoms with Crippen LogP contribution in [-0.4, -0.2) is 5.75 Å². The molecule has 0 saturated carbocycles. The zero-order valence-corrected chi connectivity index (χ0v) is 7.61. The molecular formula is C10H11FS. The van der Waals surface area contributed by atoms with Crippen molar-refractivity contribution >= 4 is 11.8 Å². The van der Waals surface area contributed by atoms with Gasteiger partial charge in [0, 0.05) is 5.25 Å². The molecule has 1 unspecified atom stereocenters. The lowest BCUT2D eigenvalue weighted by atomic mass is 10.1. The molecule has 1 saturated heterocycles. The minimum absolute atomic E-state index is 0.137. The van der Waals surface area contributed by atoms with E-state index in [4.69, 9.17) is 0 Å². The van der Waals surface area contributed by atoms with Gasteiger partial charge in [0.2, 0.25) is 0 Å². The smallest absolute Gasteiger partial charge is 0.123 e. The Labute approximate surface area is 76.2 Å². The summed E-state index contributed by atoms with van der Waals surface area (Å²) >= 11 is 1.98. The second-order valence-corrected chi connectivity index (χ2v) is 4.36. The van der Waals surface area contributed by atoms with Gasteiger partial charge >= 0.3 is 0 Å². The Morgan fingerprint density at radius 2 is 2.00 bits per heavy atom. The minimum atomic E-state index is -0.137. The van der Waals surface area contributed by atoms with Gasteiger partial charge in [0.15, 0.2) is 0 Å². The van der Waals surface area contributed by atoms with Gasteiger partial charge in [0.25, 0.3) is 0 Å². The molecular weight excluding hydrogens is 171 g/mol. The van der Waals surface area contributed by atoms with Crippen molar-refractivity contribution in [3.05, 3.63) is 35.6 Å². The van der Waals surface area contributed by atoms with E-state index in [1.807, 2.05) is 23.9 Å². The predicted octanol–water partition coefficient (Wildman–Crippen LogP) is 3.39. The normalized spacial score (nSPS) is 22.9. The van der Waals surface area contributed by atoms with Crippen LogP contribution in [0.4, 0.5) is 4.39 Å². The molecule has 0 amide bonds. The van der Waals surface area contributed by atoms with Crippen LogP contribution >= 0.6 is 11.8 Å². The van der Waals surface area contributed by atoms with Crippen molar-refractivity contribution in [3.8, 4) is 0 Å². The summed E-state index contributed by atoms with van der Waals surface area (Å²) < 4.78 is 12.6. The average molecular weight is 182 g/mol. The van der Waals surface area contributed by atoms with Crippen molar-refractivity contribution in [1.82, 2.24) is 0 Å². The molecule has 1 heterocycles. The summed E-state index contributed by atoms with van der Waals surface area (Å²) in [4.78, 5) is 0. The number of halogens is 1. The monoisotopic (exact) mass is 182 g/mol. The Bertz CT molecular complexity index is 249. The van der Waals surface area contributed by atoms with Gasteiger partial charge < -0.3 is 0 Å². The fourth-order valence-corrected chi connectivity index (χ4v) is 2.82. The fourth-order valence-electron chi connectivity index (χ4n) is 1.52. The third-order valence-corrected chi connectivity index (χ3v) is 3.61. The third-order valence-electron chi connectivity index (χ3n) is 2.17. The summed E-state index contributed by atoms with van der Waals surface area (Å²) in [6, 6.07) is 6.90. The first-order valence-corrected chi connectivity index (χ1v) is 5.28. The van der Waals surface area contributed by atoms with Crippen LogP contribution in [0.15, 0.2) is 24.3 Å². The molecule has 0 spiro atoms. The first-order chi connectivity index (χ1) is 5.86. The first kappa shape index (κ1) is 8.11. The Morgan fingerprint density at radius 3 is 2.58 bits per heavy atom. The zero-order valence-electron chi connectivity index (χ0n) is 6.79. The van der Waals surface area contributed by atoms with Crippen LogP contribution in [0.5, 0.6) is 0 Å². The van der Waals surface area contributed by atoms with Crippen LogP contribution in [0.25, 0.3) is 0 Å². The summed E-state index contributed by atoms with van der Waals surface area (Å²) in [7, 11) is 0. The van der Waals surface area contributed by atoms with E-state index >= 15 is 0 Å². The highest BCUT2D eigenvalue weighted by molar-refractivity contribution is 7.99. The lowest BCUT2D eigenvalue weighted by Crippen LogP contribution is -1.87. The maximum Gasteiger partial charge on any atom is 0.123 e. The highest BCUT2D eigenvalue weighted by Crippen LogP contribution is 2.39. The van der Waals surface area contributed by atoms with Gasteiger partial charge in [0.05, 0.1) is 0 Å². The quantitative estimate of drug-likeness (QED) is 0.641. The van der Waals surface area contributed by atoms with Gasteiger partial charge in [-0.15, -0.1) is 0 Å². The molecule has 1 fully saturated rings. The number of thioether (sulfide) groups is 1. The summed E-state index contributed by atoms with van der Waals surface area (Å²) in [6.07, 6.45) is 2.54. The minimum Gasteiger partial charge on any atom is -0.207 e. The molecule has 1 aliphatic heterocycles. The second-order valence-electron chi connectivity index (χ2n) is 3.05. The van der Waals surface area contributed by atoms with E-state index in [2.05, 4.69) is 0 Å². The molecule has 12 heavy (non-hydrogen) atoms. The Hall–Kier alpha value is -0.500. The SMILES string of the molecule is Fc1ccc(C2CCCS2)cc1. The molecule has 1 aromatic rings. The van der Waals surface area contributed by atoms with Crippen LogP contribution in [0.2, 0.25) is 0 Å². The van der Waals surface area contributed by atoms with Gasteiger partial charge in [0.1, 0.15) is 5.82 Å². The summed E-state index contributed by atoms with van der Waals surface area (Å²) in [5.74, 6) is 1.11. The van der Waals surface area contributed by atoms with E-state index in [1.165, 1.54) is 24.2 Å². The van der Waals surface area contributed by atoms with Gasteiger partial charge in [-0.1, -0.05) is 12.1 Å². The fraction of sp³-hybridized carbons (Fsp3) is 0.400. The molecule has 64 valence electrons. The van der Waals surface area contributed by atoms with E-state index in [1.54, 1.807) is 12.1 Å². The van der Waals surface area contributed by atoms with E-state index in [9.17, 15) is 4.39 Å². The third kappa shape index (κ3) is 1.63. The largest absolute Gasteiger partial charge is 0.207 e. The molecule has 2 rings (SSSR count). The van der Waals surface area contributed by atoms with Crippen LogP contribution in [0, 0.1) is 5.82 Å². The molecule has 0 bridgehead atoms. The highest BCUT2D eigenvalue weighted by atomic mass is 32.2. The van der Waals surface area contributed by atoms with Crippen molar-refractivity contribution in [1.29, 1.82) is 0 Å². The number of hydrogen-bond donors (Lipinski definition) is 0. The maximum atomic E-state index is 12.6. The van der Waals surface area contributed by atoms with Crippen molar-refractivity contribution in [3.63, 3.8) is 0 Å². The Balaban J connectivity index is 2.17. The second kappa shape index (κ2) is 3.48. The standard InChI is InChI=1S/C10H11FS/c11-9-5-3-8(4-6-9)10-2-1-7-12-10/h3-6,10H,1-2,7H2. The molecule has 0 aromatic heterocycles. The van der Waals surface area contributed by atoms with E-state index < -0.39 is 0 Å². The molecule has 1 aromatic carbocycles. The maximum absolute atomic E-state index is 12.6. The number of rotatable bonds is 1. The molecule has 0 aliphatic carbocycles. The molecule has 2 heteroatoms. The van der Waals surface area contributed by atoms with Crippen LogP contribution in [0.3, 0.4) is 0 Å².